The number of hydrogen-bond acceptors (Lipinski definition) is 1. The van der Waals surface area contributed by atoms with Gasteiger partial charge in [0, 0.05) is 10.5 Å². The molecule has 2 nitrogen and oxygen atoms in total. The van der Waals surface area contributed by atoms with Gasteiger partial charge in [0.1, 0.15) is 0 Å². The zero-order valence-corrected chi connectivity index (χ0v) is 12.9. The number of rotatable bonds is 2. The summed E-state index contributed by atoms with van der Waals surface area (Å²) in [5.74, 6) is 5.01. The van der Waals surface area contributed by atoms with Crippen LogP contribution in [0.4, 0.5) is 5.69 Å². The normalized spacial score (nSPS) is 41.2. The Morgan fingerprint density at radius 2 is 1.95 bits per heavy atom. The van der Waals surface area contributed by atoms with E-state index in [9.17, 15) is 4.79 Å². The summed E-state index contributed by atoms with van der Waals surface area (Å²) in [6.45, 7) is 0. The number of alkyl halides is 1. The molecular formula is C17H18BrNO. The maximum Gasteiger partial charge on any atom is 0.228 e. The Kier molecular flexibility index (Phi) is 2.29. The standard InChI is InChI=1S/C17H18BrNO/c18-17(16-14-8-1-2-9(5-8)15(14)16)10-3-4-12-11(6-10)7-13(20)19-12/h3-4,6,8-9,14-17H,1-2,5,7H2,(H,19,20). The van der Waals surface area contributed by atoms with Crippen LogP contribution in [0, 0.1) is 29.6 Å². The molecule has 1 aromatic carbocycles. The zero-order valence-electron chi connectivity index (χ0n) is 11.3. The van der Waals surface area contributed by atoms with E-state index in [-0.39, 0.29) is 5.91 Å². The van der Waals surface area contributed by atoms with Gasteiger partial charge in [0.2, 0.25) is 5.91 Å². The lowest BCUT2D eigenvalue weighted by Crippen LogP contribution is -2.04. The van der Waals surface area contributed by atoms with Crippen molar-refractivity contribution in [2.75, 3.05) is 5.32 Å². The molecule has 20 heavy (non-hydrogen) atoms. The van der Waals surface area contributed by atoms with E-state index in [4.69, 9.17) is 0 Å². The Labute approximate surface area is 127 Å². The van der Waals surface area contributed by atoms with E-state index >= 15 is 0 Å². The monoisotopic (exact) mass is 331 g/mol. The van der Waals surface area contributed by atoms with Gasteiger partial charge in [0.25, 0.3) is 0 Å². The Morgan fingerprint density at radius 1 is 1.20 bits per heavy atom. The third kappa shape index (κ3) is 1.47. The molecule has 4 aliphatic rings. The fourth-order valence-corrected chi connectivity index (χ4v) is 6.42. The third-order valence-corrected chi connectivity index (χ3v) is 7.34. The second kappa shape index (κ2) is 3.88. The minimum absolute atomic E-state index is 0.129. The van der Waals surface area contributed by atoms with Crippen molar-refractivity contribution in [1.82, 2.24) is 0 Å². The van der Waals surface area contributed by atoms with E-state index in [0.29, 0.717) is 11.2 Å². The van der Waals surface area contributed by atoms with Crippen LogP contribution in [0.2, 0.25) is 0 Å². The van der Waals surface area contributed by atoms with Crippen LogP contribution >= 0.6 is 15.9 Å². The van der Waals surface area contributed by atoms with Gasteiger partial charge in [-0.15, -0.1) is 0 Å². The first-order chi connectivity index (χ1) is 9.72. The lowest BCUT2D eigenvalue weighted by molar-refractivity contribution is -0.115. The van der Waals surface area contributed by atoms with Gasteiger partial charge in [0.05, 0.1) is 6.42 Å². The molecule has 104 valence electrons. The second-order valence-electron chi connectivity index (χ2n) is 7.11. The topological polar surface area (TPSA) is 29.1 Å². The molecule has 1 aliphatic heterocycles. The van der Waals surface area contributed by atoms with Gasteiger partial charge in [-0.1, -0.05) is 28.1 Å². The SMILES string of the molecule is O=C1Cc2cc(C(Br)C3C4C5CCC(C5)C43)ccc2N1. The van der Waals surface area contributed by atoms with Crippen LogP contribution in [-0.2, 0) is 11.2 Å². The number of amides is 1. The van der Waals surface area contributed by atoms with Crippen molar-refractivity contribution in [2.45, 2.75) is 30.5 Å². The molecule has 3 fully saturated rings. The summed E-state index contributed by atoms with van der Waals surface area (Å²) < 4.78 is 0. The van der Waals surface area contributed by atoms with E-state index in [0.717, 1.165) is 35.3 Å². The summed E-state index contributed by atoms with van der Waals surface area (Å²) in [6.07, 6.45) is 5.01. The molecule has 5 rings (SSSR count). The van der Waals surface area contributed by atoms with Gasteiger partial charge in [0.15, 0.2) is 0 Å². The molecule has 5 unspecified atom stereocenters. The molecule has 1 heterocycles. The molecule has 0 radical (unpaired) electrons. The van der Waals surface area contributed by atoms with Crippen LogP contribution in [0.3, 0.4) is 0 Å². The number of halogens is 1. The minimum Gasteiger partial charge on any atom is -0.326 e. The average molecular weight is 332 g/mol. The average Bonchev–Trinajstić information content (AvgIpc) is 2.76. The Morgan fingerprint density at radius 3 is 2.70 bits per heavy atom. The van der Waals surface area contributed by atoms with Gasteiger partial charge in [-0.2, -0.15) is 0 Å². The van der Waals surface area contributed by atoms with Crippen molar-refractivity contribution >= 4 is 27.5 Å². The molecule has 0 aromatic heterocycles. The minimum atomic E-state index is 0.129. The molecule has 0 saturated heterocycles. The highest BCUT2D eigenvalue weighted by molar-refractivity contribution is 9.09. The first-order valence-corrected chi connectivity index (χ1v) is 8.70. The van der Waals surface area contributed by atoms with Gasteiger partial charge in [-0.05, 0) is 66.0 Å². The fraction of sp³-hybridized carbons (Fsp3) is 0.588. The number of nitrogens with one attached hydrogen (secondary N) is 1. The molecular weight excluding hydrogens is 314 g/mol. The second-order valence-corrected chi connectivity index (χ2v) is 8.10. The van der Waals surface area contributed by atoms with E-state index in [1.807, 2.05) is 0 Å². The predicted octanol–water partition coefficient (Wildman–Crippen LogP) is 3.91. The van der Waals surface area contributed by atoms with Crippen molar-refractivity contribution in [1.29, 1.82) is 0 Å². The highest BCUT2D eigenvalue weighted by Gasteiger charge is 2.66. The quantitative estimate of drug-likeness (QED) is 0.818. The first kappa shape index (κ1) is 11.8. The molecule has 1 N–H and O–H groups in total. The number of benzene rings is 1. The van der Waals surface area contributed by atoms with Crippen LogP contribution in [-0.4, -0.2) is 5.91 Å². The molecule has 1 aromatic rings. The van der Waals surface area contributed by atoms with E-state index < -0.39 is 0 Å². The summed E-state index contributed by atoms with van der Waals surface area (Å²) in [5.41, 5.74) is 3.55. The summed E-state index contributed by atoms with van der Waals surface area (Å²) >= 11 is 3.97. The third-order valence-electron chi connectivity index (χ3n) is 6.21. The largest absolute Gasteiger partial charge is 0.326 e. The Balaban J connectivity index is 1.42. The fourth-order valence-electron chi connectivity index (χ4n) is 5.43. The summed E-state index contributed by atoms with van der Waals surface area (Å²) in [4.78, 5) is 11.9. The smallest absolute Gasteiger partial charge is 0.228 e. The van der Waals surface area contributed by atoms with Gasteiger partial charge in [-0.3, -0.25) is 4.79 Å². The van der Waals surface area contributed by atoms with E-state index in [2.05, 4.69) is 39.4 Å². The summed E-state index contributed by atoms with van der Waals surface area (Å²) in [7, 11) is 0. The Hall–Kier alpha value is -0.830. The van der Waals surface area contributed by atoms with Gasteiger partial charge in [-0.25, -0.2) is 0 Å². The van der Waals surface area contributed by atoms with Crippen molar-refractivity contribution in [2.24, 2.45) is 29.6 Å². The van der Waals surface area contributed by atoms with E-state index in [1.165, 1.54) is 30.4 Å². The molecule has 3 saturated carbocycles. The highest BCUT2D eigenvalue weighted by atomic mass is 79.9. The van der Waals surface area contributed by atoms with Crippen LogP contribution < -0.4 is 5.32 Å². The summed E-state index contributed by atoms with van der Waals surface area (Å²) in [5, 5.41) is 2.92. The molecule has 1 amide bonds. The van der Waals surface area contributed by atoms with Gasteiger partial charge < -0.3 is 5.32 Å². The molecule has 2 bridgehead atoms. The number of anilines is 1. The van der Waals surface area contributed by atoms with Crippen LogP contribution in [0.15, 0.2) is 18.2 Å². The van der Waals surface area contributed by atoms with Crippen molar-refractivity contribution < 1.29 is 4.79 Å². The Bertz CT molecular complexity index is 597. The summed E-state index contributed by atoms with van der Waals surface area (Å²) in [6, 6.07) is 6.51. The molecule has 5 atom stereocenters. The predicted molar refractivity (Wildman–Crippen MR) is 81.7 cm³/mol. The maximum absolute atomic E-state index is 11.5. The van der Waals surface area contributed by atoms with Crippen LogP contribution in [0.25, 0.3) is 0 Å². The maximum atomic E-state index is 11.5. The highest BCUT2D eigenvalue weighted by Crippen LogP contribution is 2.73. The van der Waals surface area contributed by atoms with Gasteiger partial charge >= 0.3 is 0 Å². The zero-order chi connectivity index (χ0) is 13.4. The number of fused-ring (bicyclic) bond motifs is 6. The lowest BCUT2D eigenvalue weighted by Gasteiger charge is -2.16. The van der Waals surface area contributed by atoms with Crippen LogP contribution in [0.1, 0.15) is 35.2 Å². The first-order valence-electron chi connectivity index (χ1n) is 7.79. The number of carbonyl (C=O) groups excluding carboxylic acids is 1. The lowest BCUT2D eigenvalue weighted by atomic mass is 9.96. The molecule has 0 spiro atoms. The number of carbonyl (C=O) groups is 1. The van der Waals surface area contributed by atoms with Crippen LogP contribution in [0.5, 0.6) is 0 Å². The van der Waals surface area contributed by atoms with Crippen molar-refractivity contribution in [3.63, 3.8) is 0 Å². The van der Waals surface area contributed by atoms with Crippen molar-refractivity contribution in [3.05, 3.63) is 29.3 Å². The van der Waals surface area contributed by atoms with E-state index in [1.54, 1.807) is 0 Å². The molecule has 3 aliphatic carbocycles. The number of hydrogen-bond donors (Lipinski definition) is 1. The van der Waals surface area contributed by atoms with Crippen molar-refractivity contribution in [3.8, 4) is 0 Å². The molecule has 3 heteroatoms.